The first kappa shape index (κ1) is 13.5. The third kappa shape index (κ3) is 36.5. The van der Waals surface area contributed by atoms with Gasteiger partial charge in [0.1, 0.15) is 0 Å². The van der Waals surface area contributed by atoms with Crippen LogP contribution in [0.5, 0.6) is 0 Å². The second-order valence-corrected chi connectivity index (χ2v) is 40.6. The van der Waals surface area contributed by atoms with E-state index in [1.54, 1.807) is 0 Å². The summed E-state index contributed by atoms with van der Waals surface area (Å²) in [6.07, 6.45) is 2.28. The van der Waals surface area contributed by atoms with Gasteiger partial charge in [-0.2, -0.15) is 6.42 Å². The summed E-state index contributed by atoms with van der Waals surface area (Å²) in [6.45, 7) is 5.30. The fourth-order valence-electron chi connectivity index (χ4n) is 0. The number of hydrogen-bond acceptors (Lipinski definition) is 0. The minimum absolute atomic E-state index is 0.423. The van der Waals surface area contributed by atoms with Crippen molar-refractivity contribution in [2.45, 2.75) is 19.8 Å². The van der Waals surface area contributed by atoms with Gasteiger partial charge in [0.25, 0.3) is 0 Å². The Hall–Kier alpha value is 2.90. The van der Waals surface area contributed by atoms with Crippen molar-refractivity contribution >= 4 is 57.6 Å². The summed E-state index contributed by atoms with van der Waals surface area (Å²) in [5.74, 6) is 0. The van der Waals surface area contributed by atoms with Gasteiger partial charge in [0, 0.05) is 0 Å². The van der Waals surface area contributed by atoms with Crippen LogP contribution in [0.2, 0.25) is 0 Å². The Balaban J connectivity index is 0. The van der Waals surface area contributed by atoms with Crippen molar-refractivity contribution in [3.63, 3.8) is 0 Å². The summed E-state index contributed by atoms with van der Waals surface area (Å²) >= 11 is 7.45. The van der Waals surface area contributed by atoms with Gasteiger partial charge in [-0.05, 0) is 0 Å². The normalized spacial score (nSPS) is 7.12. The SMILES string of the molecule is [CH2-]CCC.[I][Ti+]([I])[I]. The molecule has 0 aliphatic heterocycles. The molecule has 0 heterocycles. The maximum atomic E-state index is 3.60. The first-order valence-electron chi connectivity index (χ1n) is 2.27. The van der Waals surface area contributed by atoms with Crippen molar-refractivity contribution in [1.29, 1.82) is 0 Å². The third-order valence-electron chi connectivity index (χ3n) is 0.354. The quantitative estimate of drug-likeness (QED) is 0.296. The van der Waals surface area contributed by atoms with Crippen molar-refractivity contribution in [3.8, 4) is 0 Å². The monoisotopic (exact) mass is 486 g/mol. The van der Waals surface area contributed by atoms with Gasteiger partial charge in [-0.15, -0.1) is 0 Å². The Kier molecular flexibility index (Phi) is 21.2. The van der Waals surface area contributed by atoms with Crippen molar-refractivity contribution in [2.24, 2.45) is 0 Å². The molecule has 0 aliphatic rings. The third-order valence-corrected chi connectivity index (χ3v) is 0.354. The van der Waals surface area contributed by atoms with Crippen LogP contribution in [0.15, 0.2) is 0 Å². The first-order valence-corrected chi connectivity index (χ1v) is 17.4. The van der Waals surface area contributed by atoms with Crippen LogP contribution < -0.4 is 0 Å². The zero-order chi connectivity index (χ0) is 6.99. The standard InChI is InChI=1S/C4H9.3HI.Ti/c1-3-4-2;;;;/h1,3-4H2,2H3;3*1H;/q-1;;;;+4/p-3. The van der Waals surface area contributed by atoms with E-state index >= 15 is 0 Å². The number of rotatable bonds is 1. The topological polar surface area (TPSA) is 0 Å². The number of halogens is 3. The molecule has 50 valence electrons. The second-order valence-electron chi connectivity index (χ2n) is 1.07. The average molecular weight is 486 g/mol. The van der Waals surface area contributed by atoms with Crippen molar-refractivity contribution in [2.75, 3.05) is 0 Å². The summed E-state index contributed by atoms with van der Waals surface area (Å²) in [5, 5.41) is 0. The summed E-state index contributed by atoms with van der Waals surface area (Å²) in [6, 6.07) is 0. The van der Waals surface area contributed by atoms with E-state index in [1.165, 1.54) is 6.42 Å². The Morgan fingerprint density at radius 3 is 1.50 bits per heavy atom. The zero-order valence-electron chi connectivity index (χ0n) is 4.76. The van der Waals surface area contributed by atoms with E-state index in [9.17, 15) is 0 Å². The van der Waals surface area contributed by atoms with Crippen LogP contribution in [-0.2, 0) is 6.63 Å². The maximum absolute atomic E-state index is 3.60. The molecule has 0 aliphatic carbocycles. The predicted molar refractivity (Wildman–Crippen MR) is 62.3 cm³/mol. The summed E-state index contributed by atoms with van der Waals surface area (Å²) in [5.41, 5.74) is 0. The van der Waals surface area contributed by atoms with Gasteiger partial charge in [0.05, 0.1) is 0 Å². The molecule has 0 aromatic rings. The molecule has 0 amide bonds. The molecule has 0 saturated heterocycles. The van der Waals surface area contributed by atoms with Crippen LogP contribution in [0.3, 0.4) is 0 Å². The van der Waals surface area contributed by atoms with Crippen LogP contribution in [-0.4, -0.2) is 0 Å². The Bertz CT molecular complexity index is 27.7. The summed E-state index contributed by atoms with van der Waals surface area (Å²) in [7, 11) is 0. The molecular weight excluding hydrogens is 477 g/mol. The van der Waals surface area contributed by atoms with E-state index in [4.69, 9.17) is 0 Å². The van der Waals surface area contributed by atoms with Gasteiger partial charge in [-0.1, -0.05) is 13.3 Å². The molecular formula is C4H9I3Ti. The zero-order valence-corrected chi connectivity index (χ0v) is 12.8. The Labute approximate surface area is 88.8 Å². The van der Waals surface area contributed by atoms with Crippen LogP contribution in [0, 0.1) is 6.92 Å². The Morgan fingerprint density at radius 2 is 1.50 bits per heavy atom. The average Bonchev–Trinajstić information content (AvgIpc) is 1.65. The van der Waals surface area contributed by atoms with Gasteiger partial charge in [-0.3, -0.25) is 0 Å². The van der Waals surface area contributed by atoms with E-state index in [-0.39, 0.29) is 0 Å². The van der Waals surface area contributed by atoms with Crippen LogP contribution >= 0.6 is 57.6 Å². The van der Waals surface area contributed by atoms with E-state index in [0.29, 0.717) is 0 Å². The molecule has 0 atom stereocenters. The van der Waals surface area contributed by atoms with Gasteiger partial charge in [0.2, 0.25) is 0 Å². The molecule has 0 unspecified atom stereocenters. The first-order chi connectivity index (χ1) is 3.65. The Morgan fingerprint density at radius 1 is 1.38 bits per heavy atom. The van der Waals surface area contributed by atoms with Crippen molar-refractivity contribution in [3.05, 3.63) is 6.92 Å². The summed E-state index contributed by atoms with van der Waals surface area (Å²) in [4.78, 5) is 0. The molecule has 0 radical (unpaired) electrons. The van der Waals surface area contributed by atoms with Crippen molar-refractivity contribution in [1.82, 2.24) is 0 Å². The predicted octanol–water partition coefficient (Wildman–Crippen LogP) is 4.28. The molecule has 0 aromatic carbocycles. The van der Waals surface area contributed by atoms with Gasteiger partial charge >= 0.3 is 64.2 Å². The molecule has 0 fully saturated rings. The van der Waals surface area contributed by atoms with Crippen LogP contribution in [0.4, 0.5) is 0 Å². The van der Waals surface area contributed by atoms with Crippen molar-refractivity contribution < 1.29 is 6.63 Å². The second kappa shape index (κ2) is 12.6. The van der Waals surface area contributed by atoms with Gasteiger partial charge in [-0.25, -0.2) is 0 Å². The summed E-state index contributed by atoms with van der Waals surface area (Å²) < 4.78 is 0. The molecule has 0 spiro atoms. The van der Waals surface area contributed by atoms with E-state index in [1.807, 2.05) is 0 Å². The van der Waals surface area contributed by atoms with Gasteiger partial charge < -0.3 is 6.92 Å². The molecule has 0 saturated carbocycles. The van der Waals surface area contributed by atoms with Crippen LogP contribution in [0.1, 0.15) is 19.8 Å². The molecule has 8 heavy (non-hydrogen) atoms. The van der Waals surface area contributed by atoms with E-state index in [2.05, 4.69) is 71.4 Å². The molecule has 0 N–H and O–H groups in total. The molecule has 4 heteroatoms. The molecule has 0 bridgehead atoms. The minimum atomic E-state index is -0.423. The van der Waals surface area contributed by atoms with Crippen LogP contribution in [0.25, 0.3) is 0 Å². The molecule has 0 aromatic heterocycles. The van der Waals surface area contributed by atoms with E-state index < -0.39 is 6.63 Å². The fourth-order valence-corrected chi connectivity index (χ4v) is 0. The van der Waals surface area contributed by atoms with E-state index in [0.717, 1.165) is 6.42 Å². The fraction of sp³-hybridized carbons (Fsp3) is 0.750. The number of unbranched alkanes of at least 4 members (excludes halogenated alkanes) is 1. The molecule has 0 nitrogen and oxygen atoms in total. The molecule has 0 rings (SSSR count). The number of hydrogen-bond donors (Lipinski definition) is 0. The van der Waals surface area contributed by atoms with Gasteiger partial charge in [0.15, 0.2) is 0 Å².